The van der Waals surface area contributed by atoms with E-state index in [9.17, 15) is 4.79 Å². The van der Waals surface area contributed by atoms with E-state index in [1.54, 1.807) is 4.68 Å². The van der Waals surface area contributed by atoms with Crippen molar-refractivity contribution in [3.05, 3.63) is 18.0 Å². The third-order valence-corrected chi connectivity index (χ3v) is 2.49. The molecule has 0 aliphatic rings. The number of hydrogen-bond donors (Lipinski definition) is 1. The van der Waals surface area contributed by atoms with E-state index in [0.29, 0.717) is 13.2 Å². The van der Waals surface area contributed by atoms with Crippen molar-refractivity contribution < 1.29 is 9.53 Å². The first-order valence-corrected chi connectivity index (χ1v) is 5.98. The van der Waals surface area contributed by atoms with Crippen molar-refractivity contribution in [2.45, 2.75) is 20.3 Å². The monoisotopic (exact) mass is 239 g/mol. The van der Waals surface area contributed by atoms with Gasteiger partial charge >= 0.3 is 5.97 Å². The van der Waals surface area contributed by atoms with Crippen LogP contribution in [0.3, 0.4) is 0 Å². The second kappa shape index (κ2) is 7.06. The van der Waals surface area contributed by atoms with Gasteiger partial charge in [-0.05, 0) is 25.5 Å². The molecule has 1 atom stereocenters. The molecule has 96 valence electrons. The molecule has 0 spiro atoms. The molecule has 0 bridgehead atoms. The van der Waals surface area contributed by atoms with Crippen LogP contribution in [0.4, 0.5) is 0 Å². The maximum Gasteiger partial charge on any atom is 0.309 e. The number of carbonyl (C=O) groups excluding carboxylic acids is 1. The van der Waals surface area contributed by atoms with Crippen molar-refractivity contribution in [3.8, 4) is 0 Å². The fraction of sp³-hybridized carbons (Fsp3) is 0.667. The summed E-state index contributed by atoms with van der Waals surface area (Å²) in [6.45, 7) is 5.63. The minimum atomic E-state index is -0.138. The van der Waals surface area contributed by atoms with Crippen molar-refractivity contribution in [1.82, 2.24) is 15.1 Å². The van der Waals surface area contributed by atoms with Gasteiger partial charge in [-0.2, -0.15) is 5.10 Å². The molecule has 0 radical (unpaired) electrons. The van der Waals surface area contributed by atoms with Gasteiger partial charge in [-0.3, -0.25) is 9.48 Å². The van der Waals surface area contributed by atoms with Gasteiger partial charge in [-0.25, -0.2) is 0 Å². The molecule has 5 nitrogen and oxygen atoms in total. The lowest BCUT2D eigenvalue weighted by Crippen LogP contribution is -2.29. The van der Waals surface area contributed by atoms with Crippen LogP contribution in [0.15, 0.2) is 12.4 Å². The van der Waals surface area contributed by atoms with Crippen LogP contribution in [-0.4, -0.2) is 35.4 Å². The van der Waals surface area contributed by atoms with Crippen LogP contribution >= 0.6 is 0 Å². The highest BCUT2D eigenvalue weighted by Gasteiger charge is 2.12. The zero-order valence-electron chi connectivity index (χ0n) is 10.8. The van der Waals surface area contributed by atoms with Crippen LogP contribution in [0.2, 0.25) is 0 Å². The lowest BCUT2D eigenvalue weighted by molar-refractivity contribution is -0.147. The van der Waals surface area contributed by atoms with E-state index in [0.717, 1.165) is 13.0 Å². The molecule has 1 rings (SSSR count). The number of hydrogen-bond acceptors (Lipinski definition) is 4. The quantitative estimate of drug-likeness (QED) is 0.563. The summed E-state index contributed by atoms with van der Waals surface area (Å²) in [6.07, 6.45) is 4.77. The number of esters is 1. The van der Waals surface area contributed by atoms with E-state index < -0.39 is 0 Å². The maximum atomic E-state index is 11.3. The van der Waals surface area contributed by atoms with Crippen LogP contribution < -0.4 is 5.32 Å². The molecule has 0 aliphatic heterocycles. The molecule has 0 amide bonds. The van der Waals surface area contributed by atoms with E-state index in [2.05, 4.69) is 10.4 Å². The Kier molecular flexibility index (Phi) is 5.69. The third-order valence-electron chi connectivity index (χ3n) is 2.49. The lowest BCUT2D eigenvalue weighted by atomic mass is 10.2. The Hall–Kier alpha value is -1.36. The summed E-state index contributed by atoms with van der Waals surface area (Å²) in [5.74, 6) is -0.231. The number of rotatable bonds is 7. The highest BCUT2D eigenvalue weighted by molar-refractivity contribution is 5.72. The smallest absolute Gasteiger partial charge is 0.309 e. The summed E-state index contributed by atoms with van der Waals surface area (Å²) in [4.78, 5) is 11.3. The Morgan fingerprint density at radius 1 is 1.65 bits per heavy atom. The zero-order chi connectivity index (χ0) is 12.7. The predicted octanol–water partition coefficient (Wildman–Crippen LogP) is 0.751. The molecule has 1 N–H and O–H groups in total. The van der Waals surface area contributed by atoms with Crippen molar-refractivity contribution in [2.24, 2.45) is 13.0 Å². The Labute approximate surface area is 102 Å². The molecule has 0 saturated heterocycles. The van der Waals surface area contributed by atoms with Crippen LogP contribution in [0.5, 0.6) is 0 Å². The van der Waals surface area contributed by atoms with Crippen molar-refractivity contribution >= 4 is 5.97 Å². The molecule has 1 unspecified atom stereocenters. The average Bonchev–Trinajstić information content (AvgIpc) is 2.70. The van der Waals surface area contributed by atoms with Crippen molar-refractivity contribution in [2.75, 3.05) is 19.7 Å². The Balaban J connectivity index is 2.13. The summed E-state index contributed by atoms with van der Waals surface area (Å²) in [7, 11) is 1.90. The summed E-state index contributed by atoms with van der Waals surface area (Å²) in [5.41, 5.74) is 1.20. The lowest BCUT2D eigenvalue weighted by Gasteiger charge is -2.10. The third kappa shape index (κ3) is 4.99. The summed E-state index contributed by atoms with van der Waals surface area (Å²) in [5, 5.41) is 7.34. The SMILES string of the molecule is CCOC(=O)C(C)CNCCc1cnn(C)c1. The number of nitrogens with zero attached hydrogens (tertiary/aromatic N) is 2. The molecule has 1 aromatic heterocycles. The van der Waals surface area contributed by atoms with E-state index in [-0.39, 0.29) is 11.9 Å². The molecule has 5 heteroatoms. The topological polar surface area (TPSA) is 56.1 Å². The summed E-state index contributed by atoms with van der Waals surface area (Å²) >= 11 is 0. The number of aromatic nitrogens is 2. The fourth-order valence-corrected chi connectivity index (χ4v) is 1.52. The van der Waals surface area contributed by atoms with Gasteiger partial charge in [0.05, 0.1) is 18.7 Å². The van der Waals surface area contributed by atoms with Gasteiger partial charge in [0.2, 0.25) is 0 Å². The van der Waals surface area contributed by atoms with Crippen molar-refractivity contribution in [1.29, 1.82) is 0 Å². The minimum Gasteiger partial charge on any atom is -0.466 e. The van der Waals surface area contributed by atoms with Crippen LogP contribution in [0.25, 0.3) is 0 Å². The van der Waals surface area contributed by atoms with Gasteiger partial charge < -0.3 is 10.1 Å². The Morgan fingerprint density at radius 2 is 2.41 bits per heavy atom. The standard InChI is InChI=1S/C12H21N3O2/c1-4-17-12(16)10(2)7-13-6-5-11-8-14-15(3)9-11/h8-10,13H,4-7H2,1-3H3. The van der Waals surface area contributed by atoms with E-state index in [1.165, 1.54) is 5.56 Å². The van der Waals surface area contributed by atoms with E-state index >= 15 is 0 Å². The molecule has 0 aromatic carbocycles. The molecule has 0 aliphatic carbocycles. The van der Waals surface area contributed by atoms with Gasteiger partial charge in [-0.1, -0.05) is 6.92 Å². The van der Waals surface area contributed by atoms with E-state index in [1.807, 2.05) is 33.3 Å². The minimum absolute atomic E-state index is 0.0937. The van der Waals surface area contributed by atoms with Gasteiger partial charge in [0.15, 0.2) is 0 Å². The number of aryl methyl sites for hydroxylation is 1. The molecule has 1 heterocycles. The normalized spacial score (nSPS) is 12.4. The first-order valence-electron chi connectivity index (χ1n) is 5.98. The maximum absolute atomic E-state index is 11.3. The summed E-state index contributed by atoms with van der Waals surface area (Å²) in [6, 6.07) is 0. The fourth-order valence-electron chi connectivity index (χ4n) is 1.52. The highest BCUT2D eigenvalue weighted by Crippen LogP contribution is 1.98. The van der Waals surface area contributed by atoms with Gasteiger partial charge in [0, 0.05) is 19.8 Å². The second-order valence-electron chi connectivity index (χ2n) is 4.13. The Bertz CT molecular complexity index is 349. The highest BCUT2D eigenvalue weighted by atomic mass is 16.5. The summed E-state index contributed by atoms with van der Waals surface area (Å²) < 4.78 is 6.72. The van der Waals surface area contributed by atoms with Crippen LogP contribution in [0, 0.1) is 5.92 Å². The largest absolute Gasteiger partial charge is 0.466 e. The second-order valence-corrected chi connectivity index (χ2v) is 4.13. The molecule has 0 saturated carbocycles. The van der Waals surface area contributed by atoms with E-state index in [4.69, 9.17) is 4.74 Å². The molecule has 1 aromatic rings. The van der Waals surface area contributed by atoms with Gasteiger partial charge in [-0.15, -0.1) is 0 Å². The molecule has 0 fully saturated rings. The first kappa shape index (κ1) is 13.7. The number of ether oxygens (including phenoxy) is 1. The molecular formula is C12H21N3O2. The Morgan fingerprint density at radius 3 is 3.00 bits per heavy atom. The predicted molar refractivity (Wildman–Crippen MR) is 65.6 cm³/mol. The average molecular weight is 239 g/mol. The number of nitrogens with one attached hydrogen (secondary N) is 1. The van der Waals surface area contributed by atoms with Gasteiger partial charge in [0.25, 0.3) is 0 Å². The molecular weight excluding hydrogens is 218 g/mol. The number of carbonyl (C=O) groups is 1. The first-order chi connectivity index (χ1) is 8.13. The zero-order valence-corrected chi connectivity index (χ0v) is 10.8. The van der Waals surface area contributed by atoms with Crippen molar-refractivity contribution in [3.63, 3.8) is 0 Å². The molecule has 17 heavy (non-hydrogen) atoms. The van der Waals surface area contributed by atoms with Gasteiger partial charge in [0.1, 0.15) is 0 Å². The van der Waals surface area contributed by atoms with Crippen LogP contribution in [-0.2, 0) is 23.0 Å². The van der Waals surface area contributed by atoms with Crippen LogP contribution in [0.1, 0.15) is 19.4 Å².